The van der Waals surface area contributed by atoms with Gasteiger partial charge in [0.05, 0.1) is 0 Å². The van der Waals surface area contributed by atoms with Gasteiger partial charge in [0.15, 0.2) is 0 Å². The van der Waals surface area contributed by atoms with Gasteiger partial charge >= 0.3 is 0 Å². The third-order valence-electron chi connectivity index (χ3n) is 11.5. The van der Waals surface area contributed by atoms with Crippen LogP contribution in [0.25, 0.3) is 43.1 Å². The molecule has 0 unspecified atom stereocenters. The van der Waals surface area contributed by atoms with E-state index < -0.39 is 34.5 Å². The highest BCUT2D eigenvalue weighted by atomic mass is 16.2. The van der Waals surface area contributed by atoms with Gasteiger partial charge in [0.2, 0.25) is 0 Å². The van der Waals surface area contributed by atoms with Crippen molar-refractivity contribution in [3.05, 3.63) is 143 Å². The lowest BCUT2D eigenvalue weighted by atomic mass is 9.81. The molecular weight excluding hydrogens is 729 g/mol. The van der Waals surface area contributed by atoms with E-state index in [4.69, 9.17) is 0 Å². The molecule has 0 bridgehead atoms. The first kappa shape index (κ1) is 36.7. The molecule has 10 heteroatoms. The van der Waals surface area contributed by atoms with Crippen molar-refractivity contribution in [1.82, 2.24) is 20.4 Å². The third kappa shape index (κ3) is 5.86. The van der Waals surface area contributed by atoms with Gasteiger partial charge in [-0.15, -0.1) is 0 Å². The van der Waals surface area contributed by atoms with Crippen molar-refractivity contribution < 1.29 is 28.8 Å². The molecule has 0 saturated heterocycles. The van der Waals surface area contributed by atoms with Crippen LogP contribution in [0.15, 0.2) is 109 Å². The number of hydrogen-bond donors (Lipinski definition) is 2. The van der Waals surface area contributed by atoms with Crippen molar-refractivity contribution in [2.75, 3.05) is 26.2 Å². The van der Waals surface area contributed by atoms with E-state index in [0.717, 1.165) is 32.3 Å². The Morgan fingerprint density at radius 3 is 1.02 bits per heavy atom. The van der Waals surface area contributed by atoms with E-state index in [-0.39, 0.29) is 38.0 Å². The minimum absolute atomic E-state index is 0.0937. The zero-order valence-corrected chi connectivity index (χ0v) is 32.6. The minimum Gasteiger partial charge on any atom is -0.351 e. The van der Waals surface area contributed by atoms with E-state index in [1.165, 1.54) is 9.80 Å². The zero-order chi connectivity index (χ0) is 40.7. The SMILES string of the molecule is CC(C)(CNC(=O)c1ccccc1)CN1C(=O)c2ccc3c4ccc5c6c(ccc(c7ccc(c2c37)C1=O)c64)C(=O)N(CC(C)(C)CNC(=O)c1ccccc1)C5=O. The quantitative estimate of drug-likeness (QED) is 0.0828. The summed E-state index contributed by atoms with van der Waals surface area (Å²) in [7, 11) is 0. The molecule has 2 heterocycles. The summed E-state index contributed by atoms with van der Waals surface area (Å²) >= 11 is 0. The van der Waals surface area contributed by atoms with Crippen molar-refractivity contribution in [3.63, 3.8) is 0 Å². The minimum atomic E-state index is -0.634. The zero-order valence-electron chi connectivity index (χ0n) is 32.6. The van der Waals surface area contributed by atoms with Crippen molar-refractivity contribution in [2.45, 2.75) is 27.7 Å². The molecule has 0 saturated carbocycles. The molecule has 58 heavy (non-hydrogen) atoms. The van der Waals surface area contributed by atoms with E-state index >= 15 is 0 Å². The fourth-order valence-electron chi connectivity index (χ4n) is 8.65. The fourth-order valence-corrected chi connectivity index (χ4v) is 8.65. The summed E-state index contributed by atoms with van der Waals surface area (Å²) < 4.78 is 0. The lowest BCUT2D eigenvalue weighted by Crippen LogP contribution is -2.48. The Labute approximate surface area is 334 Å². The number of carbonyl (C=O) groups excluding carboxylic acids is 6. The van der Waals surface area contributed by atoms with Crippen LogP contribution >= 0.6 is 0 Å². The van der Waals surface area contributed by atoms with Crippen LogP contribution in [0, 0.1) is 10.8 Å². The van der Waals surface area contributed by atoms with Crippen molar-refractivity contribution in [1.29, 1.82) is 0 Å². The van der Waals surface area contributed by atoms with E-state index in [9.17, 15) is 28.8 Å². The molecule has 0 fully saturated rings. The normalized spacial score (nSPS) is 14.3. The summed E-state index contributed by atoms with van der Waals surface area (Å²) in [5.74, 6) is -2.08. The Hall–Kier alpha value is -6.94. The number of nitrogens with one attached hydrogen (secondary N) is 2. The average Bonchev–Trinajstić information content (AvgIpc) is 3.23. The van der Waals surface area contributed by atoms with Gasteiger partial charge in [-0.1, -0.05) is 88.4 Å². The molecular formula is C48H40N4O6. The van der Waals surface area contributed by atoms with Gasteiger partial charge in [0.25, 0.3) is 35.4 Å². The molecule has 0 aliphatic carbocycles. The van der Waals surface area contributed by atoms with Crippen molar-refractivity contribution in [2.24, 2.45) is 10.8 Å². The van der Waals surface area contributed by atoms with Crippen LogP contribution in [0.2, 0.25) is 0 Å². The van der Waals surface area contributed by atoms with Gasteiger partial charge in [0.1, 0.15) is 0 Å². The maximum absolute atomic E-state index is 14.2. The van der Waals surface area contributed by atoms with Gasteiger partial charge in [0, 0.05) is 81.2 Å². The highest BCUT2D eigenvalue weighted by molar-refractivity contribution is 6.41. The smallest absolute Gasteiger partial charge is 0.261 e. The van der Waals surface area contributed by atoms with E-state index in [1.54, 1.807) is 72.8 Å². The number of carbonyl (C=O) groups is 6. The first-order valence-corrected chi connectivity index (χ1v) is 19.3. The van der Waals surface area contributed by atoms with Crippen LogP contribution in [-0.4, -0.2) is 71.4 Å². The number of hydrogen-bond acceptors (Lipinski definition) is 6. The lowest BCUT2D eigenvalue weighted by Gasteiger charge is -2.35. The molecule has 7 aromatic rings. The van der Waals surface area contributed by atoms with Gasteiger partial charge in [-0.05, 0) is 80.8 Å². The number of benzene rings is 7. The average molecular weight is 769 g/mol. The Morgan fingerprint density at radius 1 is 0.431 bits per heavy atom. The van der Waals surface area contributed by atoms with Gasteiger partial charge in [-0.25, -0.2) is 0 Å². The molecule has 0 aromatic heterocycles. The molecule has 2 N–H and O–H groups in total. The second-order valence-corrected chi connectivity index (χ2v) is 17.0. The van der Waals surface area contributed by atoms with E-state index in [2.05, 4.69) is 10.6 Å². The largest absolute Gasteiger partial charge is 0.351 e. The molecule has 6 amide bonds. The molecule has 0 spiro atoms. The molecule has 2 aliphatic heterocycles. The van der Waals surface area contributed by atoms with E-state index in [0.29, 0.717) is 44.2 Å². The highest BCUT2D eigenvalue weighted by Crippen LogP contribution is 2.46. The maximum atomic E-state index is 14.2. The van der Waals surface area contributed by atoms with Crippen LogP contribution in [-0.2, 0) is 0 Å². The Kier molecular flexibility index (Phi) is 8.43. The number of fused-ring (bicyclic) bond motifs is 2. The molecule has 9 rings (SSSR count). The van der Waals surface area contributed by atoms with Crippen molar-refractivity contribution in [3.8, 4) is 0 Å². The first-order valence-electron chi connectivity index (χ1n) is 19.3. The number of imide groups is 2. The first-order chi connectivity index (χ1) is 27.7. The number of rotatable bonds is 10. The Bertz CT molecular complexity index is 2600. The second-order valence-electron chi connectivity index (χ2n) is 17.0. The molecule has 0 atom stereocenters. The van der Waals surface area contributed by atoms with Gasteiger partial charge < -0.3 is 10.6 Å². The maximum Gasteiger partial charge on any atom is 0.261 e. The summed E-state index contributed by atoms with van der Waals surface area (Å²) in [6.45, 7) is 8.31. The lowest BCUT2D eigenvalue weighted by molar-refractivity contribution is 0.0530. The number of nitrogens with zero attached hydrogens (tertiary/aromatic N) is 2. The summed E-state index contributed by atoms with van der Waals surface area (Å²) in [6, 6.07) is 32.4. The predicted molar refractivity (Wildman–Crippen MR) is 223 cm³/mol. The van der Waals surface area contributed by atoms with Crippen LogP contribution < -0.4 is 10.6 Å². The molecule has 288 valence electrons. The van der Waals surface area contributed by atoms with Crippen LogP contribution in [0.1, 0.15) is 89.8 Å². The highest BCUT2D eigenvalue weighted by Gasteiger charge is 2.40. The van der Waals surface area contributed by atoms with Crippen LogP contribution in [0.4, 0.5) is 0 Å². The Balaban J connectivity index is 1.04. The topological polar surface area (TPSA) is 133 Å². The fraction of sp³-hybridized carbons (Fsp3) is 0.208. The molecule has 2 aliphatic rings. The summed E-state index contributed by atoms with van der Waals surface area (Å²) in [5.41, 5.74) is 1.45. The number of amides is 6. The monoisotopic (exact) mass is 768 g/mol. The van der Waals surface area contributed by atoms with Crippen LogP contribution in [0.3, 0.4) is 0 Å². The summed E-state index contributed by atoms with van der Waals surface area (Å²) in [4.78, 5) is 85.0. The molecule has 0 radical (unpaired) electrons. The van der Waals surface area contributed by atoms with E-state index in [1.807, 2.05) is 64.1 Å². The Morgan fingerprint density at radius 2 is 0.724 bits per heavy atom. The summed E-state index contributed by atoms with van der Waals surface area (Å²) in [6.07, 6.45) is 0. The second kappa shape index (κ2) is 13.3. The molecule has 10 nitrogen and oxygen atoms in total. The van der Waals surface area contributed by atoms with Crippen LogP contribution in [0.5, 0.6) is 0 Å². The van der Waals surface area contributed by atoms with Gasteiger partial charge in [-0.2, -0.15) is 0 Å². The van der Waals surface area contributed by atoms with Gasteiger partial charge in [-0.3, -0.25) is 38.6 Å². The predicted octanol–water partition coefficient (Wildman–Crippen LogP) is 7.84. The molecule has 7 aromatic carbocycles. The summed E-state index contributed by atoms with van der Waals surface area (Å²) in [5, 5.41) is 11.8. The third-order valence-corrected chi connectivity index (χ3v) is 11.5. The standard InChI is InChI=1S/C48H40N4O6/c1-47(2,23-49-41(53)27-11-7-5-8-12-27)25-51-43(55)33-19-15-29-31-17-21-35-40-36(22-18-32(38(31)40)30-16-20-34(44(51)56)39(33)37(29)30)46(58)52(45(35)57)26-48(3,4)24-50-42(54)28-13-9-6-10-14-28/h5-22H,23-26H2,1-4H3,(H,49,53)(H,50,54). The van der Waals surface area contributed by atoms with Crippen molar-refractivity contribution >= 4 is 78.5 Å².